The molecule has 0 aromatic heterocycles. The van der Waals surface area contributed by atoms with Crippen molar-refractivity contribution in [2.75, 3.05) is 26.7 Å². The minimum absolute atomic E-state index is 0.682. The number of hydrogen-bond donors (Lipinski definition) is 1. The number of fused-ring (bicyclic) bond motifs is 1. The first-order chi connectivity index (χ1) is 8.81. The summed E-state index contributed by atoms with van der Waals surface area (Å²) in [4.78, 5) is 2.45. The Kier molecular flexibility index (Phi) is 3.67. The monoisotopic (exact) mass is 244 g/mol. The zero-order valence-corrected chi connectivity index (χ0v) is 11.4. The van der Waals surface area contributed by atoms with Gasteiger partial charge in [0.1, 0.15) is 0 Å². The number of rotatable bonds is 3. The van der Waals surface area contributed by atoms with Gasteiger partial charge in [-0.25, -0.2) is 0 Å². The summed E-state index contributed by atoms with van der Waals surface area (Å²) in [6, 6.07) is 9.58. The molecular formula is C16H24N2. The maximum absolute atomic E-state index is 3.79. The molecule has 0 radical (unpaired) electrons. The zero-order chi connectivity index (χ0) is 12.4. The normalized spacial score (nSPS) is 22.3. The maximum Gasteiger partial charge on any atom is 0.0148 e. The molecule has 0 bridgehead atoms. The van der Waals surface area contributed by atoms with E-state index in [0.717, 1.165) is 5.92 Å². The summed E-state index contributed by atoms with van der Waals surface area (Å²) in [6.45, 7) is 3.76. The van der Waals surface area contributed by atoms with E-state index >= 15 is 0 Å². The van der Waals surface area contributed by atoms with Gasteiger partial charge in [0.15, 0.2) is 0 Å². The van der Waals surface area contributed by atoms with Crippen LogP contribution in [0, 0.1) is 5.92 Å². The van der Waals surface area contributed by atoms with Gasteiger partial charge in [0.25, 0.3) is 0 Å². The Bertz CT molecular complexity index is 369. The van der Waals surface area contributed by atoms with Crippen molar-refractivity contribution in [2.45, 2.75) is 31.7 Å². The highest BCUT2D eigenvalue weighted by molar-refractivity contribution is 5.33. The molecule has 0 unspecified atom stereocenters. The lowest BCUT2D eigenvalue weighted by atomic mass is 9.97. The number of nitrogens with zero attached hydrogens (tertiary/aromatic N) is 1. The van der Waals surface area contributed by atoms with E-state index < -0.39 is 0 Å². The van der Waals surface area contributed by atoms with E-state index in [1.807, 2.05) is 0 Å². The first-order valence-electron chi connectivity index (χ1n) is 7.30. The van der Waals surface area contributed by atoms with Gasteiger partial charge in [-0.2, -0.15) is 0 Å². The van der Waals surface area contributed by atoms with Crippen LogP contribution in [-0.4, -0.2) is 37.6 Å². The molecule has 0 amide bonds. The van der Waals surface area contributed by atoms with Gasteiger partial charge >= 0.3 is 0 Å². The van der Waals surface area contributed by atoms with Gasteiger partial charge in [-0.15, -0.1) is 0 Å². The van der Waals surface area contributed by atoms with E-state index in [1.54, 1.807) is 11.1 Å². The van der Waals surface area contributed by atoms with E-state index in [0.29, 0.717) is 6.04 Å². The molecule has 18 heavy (non-hydrogen) atoms. The molecule has 1 heterocycles. The summed E-state index contributed by atoms with van der Waals surface area (Å²) in [7, 11) is 2.23. The van der Waals surface area contributed by atoms with Gasteiger partial charge < -0.3 is 10.2 Å². The van der Waals surface area contributed by atoms with E-state index in [1.165, 1.54) is 45.3 Å². The molecule has 2 aliphatic rings. The van der Waals surface area contributed by atoms with Gasteiger partial charge in [-0.1, -0.05) is 24.3 Å². The fraction of sp³-hybridized carbons (Fsp3) is 0.625. The van der Waals surface area contributed by atoms with E-state index in [9.17, 15) is 0 Å². The van der Waals surface area contributed by atoms with Crippen molar-refractivity contribution in [3.05, 3.63) is 35.4 Å². The Morgan fingerprint density at radius 1 is 1.11 bits per heavy atom. The van der Waals surface area contributed by atoms with Crippen molar-refractivity contribution < 1.29 is 0 Å². The summed E-state index contributed by atoms with van der Waals surface area (Å²) >= 11 is 0. The average Bonchev–Trinajstić information content (AvgIpc) is 2.81. The predicted octanol–water partition coefficient (Wildman–Crippen LogP) is 2.09. The van der Waals surface area contributed by atoms with Crippen molar-refractivity contribution in [3.8, 4) is 0 Å². The number of benzene rings is 1. The lowest BCUT2D eigenvalue weighted by molar-refractivity contribution is 0.213. The molecule has 1 aromatic rings. The highest BCUT2D eigenvalue weighted by atomic mass is 15.1. The molecule has 1 fully saturated rings. The van der Waals surface area contributed by atoms with Crippen LogP contribution in [0.25, 0.3) is 0 Å². The second kappa shape index (κ2) is 5.41. The molecule has 2 nitrogen and oxygen atoms in total. The summed E-state index contributed by atoms with van der Waals surface area (Å²) in [5, 5.41) is 3.79. The molecule has 1 N–H and O–H groups in total. The Hall–Kier alpha value is -0.860. The van der Waals surface area contributed by atoms with E-state index in [4.69, 9.17) is 0 Å². The summed E-state index contributed by atoms with van der Waals surface area (Å²) < 4.78 is 0. The SMILES string of the molecule is CN1CCC(CNC2Cc3ccccc3C2)CC1. The molecule has 3 rings (SSSR count). The quantitative estimate of drug-likeness (QED) is 0.876. The van der Waals surface area contributed by atoms with Crippen LogP contribution in [0.1, 0.15) is 24.0 Å². The van der Waals surface area contributed by atoms with Crippen LogP contribution in [0.2, 0.25) is 0 Å². The number of piperidine rings is 1. The predicted molar refractivity (Wildman–Crippen MR) is 75.9 cm³/mol. The van der Waals surface area contributed by atoms with Crippen LogP contribution in [-0.2, 0) is 12.8 Å². The third kappa shape index (κ3) is 2.76. The summed E-state index contributed by atoms with van der Waals surface area (Å²) in [5.74, 6) is 0.893. The van der Waals surface area contributed by atoms with Gasteiger partial charge in [0, 0.05) is 6.04 Å². The number of nitrogens with one attached hydrogen (secondary N) is 1. The Morgan fingerprint density at radius 2 is 1.72 bits per heavy atom. The minimum Gasteiger partial charge on any atom is -0.313 e. The standard InChI is InChI=1S/C16H24N2/c1-18-8-6-13(7-9-18)12-17-16-10-14-4-2-3-5-15(14)11-16/h2-5,13,16-17H,6-12H2,1H3. The fourth-order valence-electron chi connectivity index (χ4n) is 3.30. The Morgan fingerprint density at radius 3 is 2.33 bits per heavy atom. The van der Waals surface area contributed by atoms with Crippen molar-refractivity contribution in [3.63, 3.8) is 0 Å². The lowest BCUT2D eigenvalue weighted by Crippen LogP contribution is -2.38. The van der Waals surface area contributed by atoms with Gasteiger partial charge in [0.2, 0.25) is 0 Å². The second-order valence-electron chi connectivity index (χ2n) is 6.03. The molecule has 0 atom stereocenters. The van der Waals surface area contributed by atoms with Crippen LogP contribution in [0.15, 0.2) is 24.3 Å². The smallest absolute Gasteiger partial charge is 0.0148 e. The van der Waals surface area contributed by atoms with Crippen LogP contribution >= 0.6 is 0 Å². The third-order valence-electron chi connectivity index (χ3n) is 4.58. The average molecular weight is 244 g/mol. The largest absolute Gasteiger partial charge is 0.313 e. The van der Waals surface area contributed by atoms with E-state index in [2.05, 4.69) is 41.5 Å². The zero-order valence-electron chi connectivity index (χ0n) is 11.4. The summed E-state index contributed by atoms with van der Waals surface area (Å²) in [6.07, 6.45) is 5.18. The van der Waals surface area contributed by atoms with Crippen LogP contribution < -0.4 is 5.32 Å². The molecule has 1 aromatic carbocycles. The molecule has 1 saturated heterocycles. The number of hydrogen-bond acceptors (Lipinski definition) is 2. The second-order valence-corrected chi connectivity index (χ2v) is 6.03. The van der Waals surface area contributed by atoms with E-state index in [-0.39, 0.29) is 0 Å². The molecule has 0 saturated carbocycles. The first kappa shape index (κ1) is 12.2. The molecule has 98 valence electrons. The van der Waals surface area contributed by atoms with Crippen LogP contribution in [0.3, 0.4) is 0 Å². The summed E-state index contributed by atoms with van der Waals surface area (Å²) in [5.41, 5.74) is 3.11. The van der Waals surface area contributed by atoms with Crippen molar-refractivity contribution in [1.82, 2.24) is 10.2 Å². The minimum atomic E-state index is 0.682. The van der Waals surface area contributed by atoms with Crippen molar-refractivity contribution >= 4 is 0 Å². The third-order valence-corrected chi connectivity index (χ3v) is 4.58. The van der Waals surface area contributed by atoms with Crippen molar-refractivity contribution in [2.24, 2.45) is 5.92 Å². The molecule has 0 spiro atoms. The Balaban J connectivity index is 1.46. The van der Waals surface area contributed by atoms with Gasteiger partial charge in [0.05, 0.1) is 0 Å². The molecule has 1 aliphatic carbocycles. The maximum atomic E-state index is 3.79. The highest BCUT2D eigenvalue weighted by Gasteiger charge is 2.22. The van der Waals surface area contributed by atoms with Crippen LogP contribution in [0.4, 0.5) is 0 Å². The lowest BCUT2D eigenvalue weighted by Gasteiger charge is -2.29. The topological polar surface area (TPSA) is 15.3 Å². The van der Waals surface area contributed by atoms with Crippen molar-refractivity contribution in [1.29, 1.82) is 0 Å². The van der Waals surface area contributed by atoms with Crippen LogP contribution in [0.5, 0.6) is 0 Å². The highest BCUT2D eigenvalue weighted by Crippen LogP contribution is 2.22. The first-order valence-corrected chi connectivity index (χ1v) is 7.30. The molecular weight excluding hydrogens is 220 g/mol. The molecule has 1 aliphatic heterocycles. The Labute approximate surface area is 110 Å². The fourth-order valence-corrected chi connectivity index (χ4v) is 3.30. The molecule has 2 heteroatoms. The van der Waals surface area contributed by atoms with Gasteiger partial charge in [-0.05, 0) is 69.4 Å². The van der Waals surface area contributed by atoms with Gasteiger partial charge in [-0.3, -0.25) is 0 Å². The number of likely N-dealkylation sites (tertiary alicyclic amines) is 1.